The summed E-state index contributed by atoms with van der Waals surface area (Å²) in [5.41, 5.74) is 1.57. The Kier molecular flexibility index (Phi) is 5.73. The first-order valence-corrected chi connectivity index (χ1v) is 11.2. The Morgan fingerprint density at radius 2 is 1.62 bits per heavy atom. The maximum absolute atomic E-state index is 12.7. The third kappa shape index (κ3) is 4.60. The lowest BCUT2D eigenvalue weighted by Crippen LogP contribution is -2.41. The molecule has 2 aromatic rings. The fourth-order valence-electron chi connectivity index (χ4n) is 3.14. The van der Waals surface area contributed by atoms with E-state index < -0.39 is 28.3 Å². The van der Waals surface area contributed by atoms with E-state index in [0.717, 1.165) is 0 Å². The lowest BCUT2D eigenvalue weighted by molar-refractivity contribution is 0.00578. The molecule has 2 aromatic carbocycles. The van der Waals surface area contributed by atoms with Crippen molar-refractivity contribution in [3.05, 3.63) is 53.6 Å². The van der Waals surface area contributed by atoms with Gasteiger partial charge in [-0.15, -0.1) is 0 Å². The molecule has 1 heterocycles. The number of hydrogen-bond donors (Lipinski definition) is 1. The van der Waals surface area contributed by atoms with Crippen LogP contribution in [0.5, 0.6) is 5.75 Å². The van der Waals surface area contributed by atoms with Gasteiger partial charge in [-0.1, -0.05) is 30.3 Å². The lowest BCUT2D eigenvalue weighted by Gasteiger charge is -2.32. The summed E-state index contributed by atoms with van der Waals surface area (Å²) in [7, 11) is -2.67. The molecule has 1 aliphatic rings. The van der Waals surface area contributed by atoms with E-state index >= 15 is 0 Å². The van der Waals surface area contributed by atoms with Gasteiger partial charge < -0.3 is 14.0 Å². The zero-order chi connectivity index (χ0) is 21.4. The summed E-state index contributed by atoms with van der Waals surface area (Å²) in [5.74, 6) is 0.450. The molecular weight excluding hydrogens is 389 g/mol. The third-order valence-electron chi connectivity index (χ3n) is 5.59. The van der Waals surface area contributed by atoms with E-state index in [-0.39, 0.29) is 5.75 Å². The number of nitrogens with one attached hydrogen (secondary N) is 1. The van der Waals surface area contributed by atoms with Crippen molar-refractivity contribution in [2.45, 2.75) is 51.6 Å². The van der Waals surface area contributed by atoms with Crippen LogP contribution in [-0.4, -0.2) is 33.8 Å². The van der Waals surface area contributed by atoms with Crippen LogP contribution in [0.4, 0.5) is 5.69 Å². The average Bonchev–Trinajstić information content (AvgIpc) is 2.84. The predicted molar refractivity (Wildman–Crippen MR) is 116 cm³/mol. The van der Waals surface area contributed by atoms with Gasteiger partial charge in [0.25, 0.3) is 0 Å². The van der Waals surface area contributed by atoms with Gasteiger partial charge in [0, 0.05) is 5.56 Å². The molecule has 0 saturated carbocycles. The molecule has 1 saturated heterocycles. The van der Waals surface area contributed by atoms with Crippen molar-refractivity contribution in [2.24, 2.45) is 0 Å². The molecule has 0 spiro atoms. The first kappa shape index (κ1) is 21.7. The van der Waals surface area contributed by atoms with Gasteiger partial charge >= 0.3 is 7.12 Å². The molecule has 0 unspecified atom stereocenters. The summed E-state index contributed by atoms with van der Waals surface area (Å²) in [5, 5.41) is 0. The zero-order valence-electron chi connectivity index (χ0n) is 17.8. The molecule has 0 radical (unpaired) electrons. The van der Waals surface area contributed by atoms with Crippen LogP contribution in [-0.2, 0) is 25.1 Å². The number of hydrogen-bond acceptors (Lipinski definition) is 5. The van der Waals surface area contributed by atoms with Gasteiger partial charge in [0.15, 0.2) is 0 Å². The Labute approximate surface area is 173 Å². The van der Waals surface area contributed by atoms with Gasteiger partial charge in [0.2, 0.25) is 10.0 Å². The fraction of sp³-hybridized carbons (Fsp3) is 0.429. The first-order valence-electron chi connectivity index (χ1n) is 9.53. The van der Waals surface area contributed by atoms with Gasteiger partial charge in [0.1, 0.15) is 5.75 Å². The highest BCUT2D eigenvalue weighted by molar-refractivity contribution is 7.91. The highest BCUT2D eigenvalue weighted by Gasteiger charge is 2.52. The van der Waals surface area contributed by atoms with E-state index in [4.69, 9.17) is 14.0 Å². The largest absolute Gasteiger partial charge is 0.496 e. The molecule has 8 heteroatoms. The summed E-state index contributed by atoms with van der Waals surface area (Å²) >= 11 is 0. The van der Waals surface area contributed by atoms with E-state index in [9.17, 15) is 8.42 Å². The van der Waals surface area contributed by atoms with E-state index in [1.165, 1.54) is 0 Å². The number of rotatable bonds is 6. The van der Waals surface area contributed by atoms with E-state index in [1.54, 1.807) is 25.3 Å². The van der Waals surface area contributed by atoms with Gasteiger partial charge in [0.05, 0.1) is 29.8 Å². The van der Waals surface area contributed by atoms with Crippen molar-refractivity contribution in [2.75, 3.05) is 11.8 Å². The first-order chi connectivity index (χ1) is 13.4. The molecule has 3 rings (SSSR count). The van der Waals surface area contributed by atoms with Crippen molar-refractivity contribution in [3.63, 3.8) is 0 Å². The van der Waals surface area contributed by atoms with E-state index in [1.807, 2.05) is 58.9 Å². The minimum absolute atomic E-state index is 0.115. The SMILES string of the molecule is COc1cc(B2OC(C)(C)C(C)(C)O2)cc(NS(=O)(=O)Cc2ccccc2)c1C. The van der Waals surface area contributed by atoms with Gasteiger partial charge in [-0.2, -0.15) is 0 Å². The number of benzene rings is 2. The maximum Gasteiger partial charge on any atom is 0.495 e. The monoisotopic (exact) mass is 417 g/mol. The Morgan fingerprint density at radius 1 is 1.03 bits per heavy atom. The second kappa shape index (κ2) is 7.67. The average molecular weight is 417 g/mol. The van der Waals surface area contributed by atoms with Crippen molar-refractivity contribution in [1.82, 2.24) is 0 Å². The second-order valence-corrected chi connectivity index (χ2v) is 10.1. The molecule has 1 N–H and O–H groups in total. The Morgan fingerprint density at radius 3 is 2.17 bits per heavy atom. The summed E-state index contributed by atoms with van der Waals surface area (Å²) in [6.07, 6.45) is 0. The van der Waals surface area contributed by atoms with Crippen LogP contribution in [0.25, 0.3) is 0 Å². The number of methoxy groups -OCH3 is 1. The predicted octanol–water partition coefficient (Wildman–Crippen LogP) is 3.24. The lowest BCUT2D eigenvalue weighted by atomic mass is 9.78. The van der Waals surface area contributed by atoms with Crippen LogP contribution in [0.1, 0.15) is 38.8 Å². The third-order valence-corrected chi connectivity index (χ3v) is 6.84. The summed E-state index contributed by atoms with van der Waals surface area (Å²) < 4.78 is 45.9. The zero-order valence-corrected chi connectivity index (χ0v) is 18.6. The molecule has 0 aliphatic carbocycles. The van der Waals surface area contributed by atoms with Crippen LogP contribution < -0.4 is 14.9 Å². The van der Waals surface area contributed by atoms with Crippen LogP contribution >= 0.6 is 0 Å². The summed E-state index contributed by atoms with van der Waals surface area (Å²) in [6, 6.07) is 12.6. The molecule has 0 bridgehead atoms. The fourth-order valence-corrected chi connectivity index (χ4v) is 4.39. The minimum Gasteiger partial charge on any atom is -0.496 e. The summed E-state index contributed by atoms with van der Waals surface area (Å²) in [6.45, 7) is 9.71. The highest BCUT2D eigenvalue weighted by Crippen LogP contribution is 2.37. The molecular formula is C21H28BNO5S. The quantitative estimate of drug-likeness (QED) is 0.731. The molecule has 1 aliphatic heterocycles. The van der Waals surface area contributed by atoms with Crippen LogP contribution in [0.3, 0.4) is 0 Å². The Hall–Kier alpha value is -2.03. The number of ether oxygens (including phenoxy) is 1. The molecule has 29 heavy (non-hydrogen) atoms. The van der Waals surface area contributed by atoms with Crippen LogP contribution in [0.2, 0.25) is 0 Å². The molecule has 1 fully saturated rings. The number of sulfonamides is 1. The number of anilines is 1. The van der Waals surface area contributed by atoms with Crippen molar-refractivity contribution in [1.29, 1.82) is 0 Å². The van der Waals surface area contributed by atoms with E-state index in [2.05, 4.69) is 4.72 Å². The normalized spacial score (nSPS) is 17.9. The van der Waals surface area contributed by atoms with Crippen LogP contribution in [0.15, 0.2) is 42.5 Å². The Balaban J connectivity index is 1.92. The Bertz CT molecular complexity index is 974. The van der Waals surface area contributed by atoms with E-state index in [0.29, 0.717) is 28.0 Å². The maximum atomic E-state index is 12.7. The topological polar surface area (TPSA) is 73.9 Å². The molecule has 0 atom stereocenters. The highest BCUT2D eigenvalue weighted by atomic mass is 32.2. The van der Waals surface area contributed by atoms with Gasteiger partial charge in [-0.05, 0) is 57.8 Å². The van der Waals surface area contributed by atoms with Crippen LogP contribution in [0, 0.1) is 6.92 Å². The molecule has 6 nitrogen and oxygen atoms in total. The second-order valence-electron chi connectivity index (χ2n) is 8.33. The van der Waals surface area contributed by atoms with Crippen molar-refractivity contribution < 1.29 is 22.5 Å². The van der Waals surface area contributed by atoms with Gasteiger partial charge in [-0.25, -0.2) is 8.42 Å². The van der Waals surface area contributed by atoms with Crippen molar-refractivity contribution in [3.8, 4) is 5.75 Å². The molecule has 0 amide bonds. The standard InChI is InChI=1S/C21H28BNO5S/c1-15-18(23-29(24,25)14-16-10-8-7-9-11-16)12-17(13-19(15)26-6)22-27-20(2,3)21(4,5)28-22/h7-13,23H,14H2,1-6H3. The smallest absolute Gasteiger partial charge is 0.495 e. The minimum atomic E-state index is -3.61. The van der Waals surface area contributed by atoms with Crippen molar-refractivity contribution >= 4 is 28.3 Å². The molecule has 156 valence electrons. The van der Waals surface area contributed by atoms with Gasteiger partial charge in [-0.3, -0.25) is 4.72 Å². The summed E-state index contributed by atoms with van der Waals surface area (Å²) in [4.78, 5) is 0. The molecule has 0 aromatic heterocycles.